The zero-order chi connectivity index (χ0) is 15.4. The summed E-state index contributed by atoms with van der Waals surface area (Å²) < 4.78 is 5.17. The molecule has 0 saturated carbocycles. The number of carbonyl (C=O) groups excluding carboxylic acids is 1. The summed E-state index contributed by atoms with van der Waals surface area (Å²) in [4.78, 5) is 14.3. The third kappa shape index (κ3) is 3.47. The molecule has 1 heterocycles. The van der Waals surface area contributed by atoms with Gasteiger partial charge in [0.1, 0.15) is 0 Å². The zero-order valence-electron chi connectivity index (χ0n) is 13.1. The topological polar surface area (TPSA) is 29.5 Å². The standard InChI is InChI=1S/C19H23NO2/c1-2-22-19(21)18-8-5-11-20(14-18)13-15-9-10-16-6-3-4-7-17(16)12-15/h3-4,6-7,9-10,12,18H,2,5,8,11,13-14H2,1H3/t18-/m1/s1. The highest BCUT2D eigenvalue weighted by molar-refractivity contribution is 5.83. The Morgan fingerprint density at radius 3 is 2.86 bits per heavy atom. The first-order valence-corrected chi connectivity index (χ1v) is 8.13. The molecule has 22 heavy (non-hydrogen) atoms. The maximum Gasteiger partial charge on any atom is 0.310 e. The molecule has 116 valence electrons. The van der Waals surface area contributed by atoms with Crippen LogP contribution in [0.15, 0.2) is 42.5 Å². The highest BCUT2D eigenvalue weighted by Crippen LogP contribution is 2.22. The van der Waals surface area contributed by atoms with Gasteiger partial charge in [-0.05, 0) is 48.7 Å². The monoisotopic (exact) mass is 297 g/mol. The molecular weight excluding hydrogens is 274 g/mol. The predicted octanol–water partition coefficient (Wildman–Crippen LogP) is 3.61. The minimum absolute atomic E-state index is 0.0363. The maximum atomic E-state index is 11.9. The lowest BCUT2D eigenvalue weighted by Crippen LogP contribution is -2.38. The van der Waals surface area contributed by atoms with E-state index in [1.165, 1.54) is 16.3 Å². The molecule has 0 aromatic heterocycles. The normalized spacial score (nSPS) is 19.2. The number of hydrogen-bond acceptors (Lipinski definition) is 3. The molecule has 0 N–H and O–H groups in total. The first-order valence-electron chi connectivity index (χ1n) is 8.13. The summed E-state index contributed by atoms with van der Waals surface area (Å²) in [6.07, 6.45) is 2.02. The largest absolute Gasteiger partial charge is 0.466 e. The molecule has 1 atom stereocenters. The second-order valence-electron chi connectivity index (χ2n) is 6.01. The lowest BCUT2D eigenvalue weighted by atomic mass is 9.97. The SMILES string of the molecule is CCOC(=O)[C@@H]1CCCN(Cc2ccc3ccccc3c2)C1. The van der Waals surface area contributed by atoms with E-state index in [-0.39, 0.29) is 11.9 Å². The Balaban J connectivity index is 1.67. The van der Waals surface area contributed by atoms with Crippen molar-refractivity contribution in [2.45, 2.75) is 26.3 Å². The second kappa shape index (κ2) is 6.93. The first-order chi connectivity index (χ1) is 10.8. The van der Waals surface area contributed by atoms with Crippen molar-refractivity contribution in [2.24, 2.45) is 5.92 Å². The molecule has 1 fully saturated rings. The fourth-order valence-electron chi connectivity index (χ4n) is 3.25. The zero-order valence-corrected chi connectivity index (χ0v) is 13.1. The van der Waals surface area contributed by atoms with Crippen molar-refractivity contribution in [2.75, 3.05) is 19.7 Å². The molecule has 3 nitrogen and oxygen atoms in total. The third-order valence-electron chi connectivity index (χ3n) is 4.35. The van der Waals surface area contributed by atoms with Crippen molar-refractivity contribution < 1.29 is 9.53 Å². The van der Waals surface area contributed by atoms with Crippen molar-refractivity contribution in [1.29, 1.82) is 0 Å². The van der Waals surface area contributed by atoms with Gasteiger partial charge in [-0.3, -0.25) is 9.69 Å². The van der Waals surface area contributed by atoms with Gasteiger partial charge in [0.15, 0.2) is 0 Å². The van der Waals surface area contributed by atoms with E-state index in [9.17, 15) is 4.79 Å². The van der Waals surface area contributed by atoms with E-state index < -0.39 is 0 Å². The summed E-state index contributed by atoms with van der Waals surface area (Å²) in [7, 11) is 0. The van der Waals surface area contributed by atoms with Crippen LogP contribution in [0.4, 0.5) is 0 Å². The van der Waals surface area contributed by atoms with Gasteiger partial charge in [0.25, 0.3) is 0 Å². The Labute approximate surface area is 131 Å². The number of fused-ring (bicyclic) bond motifs is 1. The van der Waals surface area contributed by atoms with E-state index in [1.807, 2.05) is 6.92 Å². The smallest absolute Gasteiger partial charge is 0.310 e. The number of likely N-dealkylation sites (tertiary alicyclic amines) is 1. The first kappa shape index (κ1) is 15.0. The van der Waals surface area contributed by atoms with Crippen molar-refractivity contribution in [3.63, 3.8) is 0 Å². The van der Waals surface area contributed by atoms with Crippen LogP contribution in [0.1, 0.15) is 25.3 Å². The average molecular weight is 297 g/mol. The lowest BCUT2D eigenvalue weighted by molar-refractivity contribution is -0.150. The van der Waals surface area contributed by atoms with Crippen molar-refractivity contribution in [3.05, 3.63) is 48.0 Å². The molecule has 0 spiro atoms. The number of benzene rings is 2. The third-order valence-corrected chi connectivity index (χ3v) is 4.35. The Morgan fingerprint density at radius 2 is 2.05 bits per heavy atom. The predicted molar refractivity (Wildman–Crippen MR) is 88.6 cm³/mol. The second-order valence-corrected chi connectivity index (χ2v) is 6.01. The number of carbonyl (C=O) groups is 1. The van der Waals surface area contributed by atoms with Crippen LogP contribution < -0.4 is 0 Å². The summed E-state index contributed by atoms with van der Waals surface area (Å²) >= 11 is 0. The summed E-state index contributed by atoms with van der Waals surface area (Å²) in [6, 6.07) is 15.0. The molecule has 0 amide bonds. The summed E-state index contributed by atoms with van der Waals surface area (Å²) in [5, 5.41) is 2.55. The molecule has 0 unspecified atom stereocenters. The quantitative estimate of drug-likeness (QED) is 0.807. The van der Waals surface area contributed by atoms with Crippen molar-refractivity contribution in [3.8, 4) is 0 Å². The number of rotatable bonds is 4. The molecule has 0 radical (unpaired) electrons. The average Bonchev–Trinajstić information content (AvgIpc) is 2.55. The van der Waals surface area contributed by atoms with Gasteiger partial charge in [0.05, 0.1) is 12.5 Å². The Morgan fingerprint density at radius 1 is 1.23 bits per heavy atom. The van der Waals surface area contributed by atoms with E-state index in [4.69, 9.17) is 4.74 Å². The summed E-state index contributed by atoms with van der Waals surface area (Å²) in [5.41, 5.74) is 1.31. The van der Waals surface area contributed by atoms with Gasteiger partial charge >= 0.3 is 5.97 Å². The molecule has 1 saturated heterocycles. The number of ether oxygens (including phenoxy) is 1. The number of nitrogens with zero attached hydrogens (tertiary/aromatic N) is 1. The van der Waals surface area contributed by atoms with Crippen molar-refractivity contribution in [1.82, 2.24) is 4.90 Å². The number of piperidine rings is 1. The fraction of sp³-hybridized carbons (Fsp3) is 0.421. The van der Waals surface area contributed by atoms with Gasteiger partial charge in [-0.1, -0.05) is 36.4 Å². The molecule has 0 bridgehead atoms. The Kier molecular flexibility index (Phi) is 4.74. The molecule has 3 rings (SSSR count). The lowest BCUT2D eigenvalue weighted by Gasteiger charge is -2.31. The van der Waals surface area contributed by atoms with E-state index in [1.54, 1.807) is 0 Å². The molecule has 1 aliphatic heterocycles. The highest BCUT2D eigenvalue weighted by atomic mass is 16.5. The Bertz CT molecular complexity index is 653. The van der Waals surface area contributed by atoms with E-state index >= 15 is 0 Å². The van der Waals surface area contributed by atoms with Gasteiger partial charge < -0.3 is 4.74 Å². The van der Waals surface area contributed by atoms with E-state index in [0.717, 1.165) is 32.5 Å². The molecule has 2 aromatic rings. The Hall–Kier alpha value is -1.87. The maximum absolute atomic E-state index is 11.9. The summed E-state index contributed by atoms with van der Waals surface area (Å²) in [6.45, 7) is 5.11. The molecule has 3 heteroatoms. The molecule has 0 aliphatic carbocycles. The minimum atomic E-state index is -0.0364. The van der Waals surface area contributed by atoms with Crippen LogP contribution >= 0.6 is 0 Å². The van der Waals surface area contributed by atoms with Crippen LogP contribution in [-0.4, -0.2) is 30.6 Å². The van der Waals surface area contributed by atoms with Gasteiger partial charge in [0, 0.05) is 13.1 Å². The van der Waals surface area contributed by atoms with Crippen LogP contribution in [0, 0.1) is 5.92 Å². The fourth-order valence-corrected chi connectivity index (χ4v) is 3.25. The van der Waals surface area contributed by atoms with Crippen LogP contribution in [0.3, 0.4) is 0 Å². The van der Waals surface area contributed by atoms with Crippen LogP contribution in [0.2, 0.25) is 0 Å². The molecular formula is C19H23NO2. The number of esters is 1. The van der Waals surface area contributed by atoms with Crippen LogP contribution in [0.5, 0.6) is 0 Å². The number of hydrogen-bond donors (Lipinski definition) is 0. The summed E-state index contributed by atoms with van der Waals surface area (Å²) in [5.74, 6) is -0.000122. The van der Waals surface area contributed by atoms with Gasteiger partial charge in [0.2, 0.25) is 0 Å². The van der Waals surface area contributed by atoms with E-state index in [0.29, 0.717) is 6.61 Å². The van der Waals surface area contributed by atoms with Gasteiger partial charge in [-0.25, -0.2) is 0 Å². The van der Waals surface area contributed by atoms with Gasteiger partial charge in [-0.15, -0.1) is 0 Å². The van der Waals surface area contributed by atoms with E-state index in [2.05, 4.69) is 47.4 Å². The van der Waals surface area contributed by atoms with Gasteiger partial charge in [-0.2, -0.15) is 0 Å². The highest BCUT2D eigenvalue weighted by Gasteiger charge is 2.26. The molecule has 1 aliphatic rings. The van der Waals surface area contributed by atoms with Crippen LogP contribution in [0.25, 0.3) is 10.8 Å². The molecule has 2 aromatic carbocycles. The van der Waals surface area contributed by atoms with Crippen LogP contribution in [-0.2, 0) is 16.1 Å². The minimum Gasteiger partial charge on any atom is -0.466 e. The van der Waals surface area contributed by atoms with Crippen molar-refractivity contribution >= 4 is 16.7 Å².